The molecule has 1 fully saturated rings. The van der Waals surface area contributed by atoms with E-state index in [1.165, 1.54) is 0 Å². The number of alkyl halides is 2. The molecule has 0 aliphatic heterocycles. The third kappa shape index (κ3) is 3.26. The Morgan fingerprint density at radius 2 is 2.17 bits per heavy atom. The van der Waals surface area contributed by atoms with E-state index >= 15 is 0 Å². The van der Waals surface area contributed by atoms with Crippen molar-refractivity contribution in [3.8, 4) is 0 Å². The van der Waals surface area contributed by atoms with E-state index in [-0.39, 0.29) is 24.9 Å². The first kappa shape index (κ1) is 13.9. The summed E-state index contributed by atoms with van der Waals surface area (Å²) in [6.07, 6.45) is 1.06. The quantitative estimate of drug-likeness (QED) is 0.805. The molecule has 0 N–H and O–H groups in total. The predicted octanol–water partition coefficient (Wildman–Crippen LogP) is 4.53. The third-order valence-corrected chi connectivity index (χ3v) is 4.46. The Morgan fingerprint density at radius 1 is 1.50 bits per heavy atom. The second-order valence-electron chi connectivity index (χ2n) is 4.84. The molecule has 1 aliphatic carbocycles. The predicted molar refractivity (Wildman–Crippen MR) is 68.3 cm³/mol. The molecule has 1 aromatic rings. The lowest BCUT2D eigenvalue weighted by atomic mass is 9.85. The smallest absolute Gasteiger partial charge is 0.248 e. The number of rotatable bonds is 4. The highest BCUT2D eigenvalue weighted by Gasteiger charge is 2.36. The largest absolute Gasteiger partial charge is 0.372 e. The highest BCUT2D eigenvalue weighted by Crippen LogP contribution is 2.41. The molecule has 1 saturated carbocycles. The van der Waals surface area contributed by atoms with Crippen molar-refractivity contribution < 1.29 is 13.5 Å². The summed E-state index contributed by atoms with van der Waals surface area (Å²) in [5.41, 5.74) is 0.969. The molecule has 0 spiro atoms. The number of aromatic nitrogens is 1. The molecule has 0 bridgehead atoms. The Bertz CT molecular complexity index is 384. The molecule has 102 valence electrons. The summed E-state index contributed by atoms with van der Waals surface area (Å²) in [7, 11) is 0. The minimum atomic E-state index is -2.46. The maximum Gasteiger partial charge on any atom is 0.248 e. The van der Waals surface area contributed by atoms with Gasteiger partial charge < -0.3 is 4.74 Å². The van der Waals surface area contributed by atoms with Crippen LogP contribution in [0.15, 0.2) is 5.38 Å². The molecule has 1 aromatic heterocycles. The van der Waals surface area contributed by atoms with Crippen molar-refractivity contribution in [1.82, 2.24) is 4.98 Å². The van der Waals surface area contributed by atoms with Gasteiger partial charge in [0.2, 0.25) is 5.92 Å². The molecule has 2 nitrogen and oxygen atoms in total. The maximum atomic E-state index is 13.1. The van der Waals surface area contributed by atoms with E-state index in [0.29, 0.717) is 19.4 Å². The molecule has 2 rings (SSSR count). The van der Waals surface area contributed by atoms with Gasteiger partial charge in [-0.2, -0.15) is 0 Å². The zero-order chi connectivity index (χ0) is 13.2. The summed E-state index contributed by atoms with van der Waals surface area (Å²) < 4.78 is 31.7. The van der Waals surface area contributed by atoms with Crippen LogP contribution in [0.3, 0.4) is 0 Å². The lowest BCUT2D eigenvalue weighted by molar-refractivity contribution is -0.0384. The van der Waals surface area contributed by atoms with Crippen LogP contribution >= 0.6 is 11.3 Å². The second kappa shape index (κ2) is 5.61. The van der Waals surface area contributed by atoms with Crippen molar-refractivity contribution in [1.29, 1.82) is 0 Å². The zero-order valence-corrected chi connectivity index (χ0v) is 11.6. The molecule has 0 amide bonds. The minimum Gasteiger partial charge on any atom is -0.372 e. The van der Waals surface area contributed by atoms with Crippen molar-refractivity contribution in [2.24, 2.45) is 0 Å². The number of hydrogen-bond acceptors (Lipinski definition) is 3. The molecule has 0 radical (unpaired) electrons. The van der Waals surface area contributed by atoms with Crippen LogP contribution in [0.5, 0.6) is 0 Å². The summed E-state index contributed by atoms with van der Waals surface area (Å²) in [5.74, 6) is -2.27. The average Bonchev–Trinajstić information content (AvgIpc) is 2.79. The number of ether oxygens (including phenoxy) is 1. The molecular formula is C13H19F2NOS. The fourth-order valence-electron chi connectivity index (χ4n) is 2.33. The van der Waals surface area contributed by atoms with Crippen LogP contribution in [0.2, 0.25) is 0 Å². The number of halogens is 2. The Balaban J connectivity index is 1.98. The van der Waals surface area contributed by atoms with Crippen LogP contribution in [0.1, 0.15) is 62.3 Å². The molecule has 18 heavy (non-hydrogen) atoms. The SMILES string of the molecule is CCOC(C)c1nc(C2CCC(F)(F)CC2)cs1. The zero-order valence-electron chi connectivity index (χ0n) is 10.8. The monoisotopic (exact) mass is 275 g/mol. The number of hydrogen-bond donors (Lipinski definition) is 0. The number of nitrogens with zero attached hydrogens (tertiary/aromatic N) is 1. The second-order valence-corrected chi connectivity index (χ2v) is 5.73. The van der Waals surface area contributed by atoms with Crippen LogP contribution < -0.4 is 0 Å². The van der Waals surface area contributed by atoms with Gasteiger partial charge in [-0.05, 0) is 26.7 Å². The van der Waals surface area contributed by atoms with Gasteiger partial charge >= 0.3 is 0 Å². The summed E-state index contributed by atoms with van der Waals surface area (Å²) in [4.78, 5) is 4.55. The molecule has 0 saturated heterocycles. The van der Waals surface area contributed by atoms with E-state index in [1.807, 2.05) is 19.2 Å². The van der Waals surface area contributed by atoms with Crippen molar-refractivity contribution in [2.75, 3.05) is 6.61 Å². The van der Waals surface area contributed by atoms with Gasteiger partial charge in [-0.3, -0.25) is 0 Å². The fraction of sp³-hybridized carbons (Fsp3) is 0.769. The van der Waals surface area contributed by atoms with E-state index in [9.17, 15) is 8.78 Å². The highest BCUT2D eigenvalue weighted by atomic mass is 32.1. The van der Waals surface area contributed by atoms with E-state index in [1.54, 1.807) is 11.3 Å². The van der Waals surface area contributed by atoms with Crippen LogP contribution in [-0.2, 0) is 4.74 Å². The van der Waals surface area contributed by atoms with Crippen LogP contribution in [-0.4, -0.2) is 17.5 Å². The first-order chi connectivity index (χ1) is 8.52. The summed E-state index contributed by atoms with van der Waals surface area (Å²) in [6, 6.07) is 0. The maximum absolute atomic E-state index is 13.1. The topological polar surface area (TPSA) is 22.1 Å². The van der Waals surface area contributed by atoms with E-state index in [4.69, 9.17) is 4.74 Å². The minimum absolute atomic E-state index is 0.00113. The van der Waals surface area contributed by atoms with Gasteiger partial charge in [0.25, 0.3) is 0 Å². The summed E-state index contributed by atoms with van der Waals surface area (Å²) in [5, 5.41) is 2.95. The summed E-state index contributed by atoms with van der Waals surface area (Å²) >= 11 is 1.57. The van der Waals surface area contributed by atoms with Gasteiger partial charge in [-0.25, -0.2) is 13.8 Å². The van der Waals surface area contributed by atoms with Crippen molar-refractivity contribution >= 4 is 11.3 Å². The number of thiazole rings is 1. The molecule has 5 heteroatoms. The van der Waals surface area contributed by atoms with E-state index < -0.39 is 5.92 Å². The molecule has 0 aromatic carbocycles. The Morgan fingerprint density at radius 3 is 2.78 bits per heavy atom. The lowest BCUT2D eigenvalue weighted by Crippen LogP contribution is -2.23. The highest BCUT2D eigenvalue weighted by molar-refractivity contribution is 7.09. The Labute approximate surface area is 110 Å². The molecule has 1 aliphatic rings. The van der Waals surface area contributed by atoms with Gasteiger partial charge in [0.15, 0.2) is 0 Å². The molecule has 1 unspecified atom stereocenters. The molecule has 1 atom stereocenters. The normalized spacial score (nSPS) is 22.0. The average molecular weight is 275 g/mol. The summed E-state index contributed by atoms with van der Waals surface area (Å²) in [6.45, 7) is 4.58. The van der Waals surface area contributed by atoms with Gasteiger partial charge in [0.1, 0.15) is 11.1 Å². The van der Waals surface area contributed by atoms with Crippen molar-refractivity contribution in [2.45, 2.75) is 57.5 Å². The van der Waals surface area contributed by atoms with Gasteiger partial charge in [-0.1, -0.05) is 0 Å². The molecule has 1 heterocycles. The lowest BCUT2D eigenvalue weighted by Gasteiger charge is -2.27. The van der Waals surface area contributed by atoms with Crippen LogP contribution in [0.25, 0.3) is 0 Å². The standard InChI is InChI=1S/C13H19F2NOS/c1-3-17-9(2)12-16-11(8-18-12)10-4-6-13(14,15)7-5-10/h8-10H,3-7H2,1-2H3. The first-order valence-corrected chi connectivity index (χ1v) is 7.34. The van der Waals surface area contributed by atoms with Gasteiger partial charge in [-0.15, -0.1) is 11.3 Å². The fourth-order valence-corrected chi connectivity index (χ4v) is 3.24. The van der Waals surface area contributed by atoms with Crippen molar-refractivity contribution in [3.63, 3.8) is 0 Å². The van der Waals surface area contributed by atoms with E-state index in [0.717, 1.165) is 10.7 Å². The van der Waals surface area contributed by atoms with Crippen LogP contribution in [0.4, 0.5) is 8.78 Å². The van der Waals surface area contributed by atoms with E-state index in [2.05, 4.69) is 4.98 Å². The van der Waals surface area contributed by atoms with Crippen LogP contribution in [0, 0.1) is 0 Å². The van der Waals surface area contributed by atoms with Crippen molar-refractivity contribution in [3.05, 3.63) is 16.1 Å². The van der Waals surface area contributed by atoms with Gasteiger partial charge in [0, 0.05) is 30.7 Å². The Hall–Kier alpha value is -0.550. The van der Waals surface area contributed by atoms with Gasteiger partial charge in [0.05, 0.1) is 5.69 Å². The Kier molecular flexibility index (Phi) is 4.33. The third-order valence-electron chi connectivity index (χ3n) is 3.44. The molecular weight excluding hydrogens is 256 g/mol. The first-order valence-electron chi connectivity index (χ1n) is 6.46.